The van der Waals surface area contributed by atoms with Crippen molar-refractivity contribution in [2.24, 2.45) is 5.92 Å². The molecule has 1 amide bonds. The summed E-state index contributed by atoms with van der Waals surface area (Å²) in [6.07, 6.45) is 5.59. The van der Waals surface area contributed by atoms with Crippen LogP contribution in [0.1, 0.15) is 30.7 Å². The highest BCUT2D eigenvalue weighted by molar-refractivity contribution is 7.99. The van der Waals surface area contributed by atoms with Crippen LogP contribution < -0.4 is 0 Å². The van der Waals surface area contributed by atoms with Crippen LogP contribution in [0.3, 0.4) is 0 Å². The van der Waals surface area contributed by atoms with E-state index in [9.17, 15) is 4.79 Å². The number of thioether (sulfide) groups is 1. The summed E-state index contributed by atoms with van der Waals surface area (Å²) in [5.41, 5.74) is 2.14. The zero-order valence-electron chi connectivity index (χ0n) is 16.5. The number of piperidine rings is 1. The maximum absolute atomic E-state index is 12.8. The fourth-order valence-corrected chi connectivity index (χ4v) is 5.53. The summed E-state index contributed by atoms with van der Waals surface area (Å²) < 4.78 is 0. The maximum Gasteiger partial charge on any atom is 0.226 e. The number of aromatic nitrogens is 2. The lowest BCUT2D eigenvalue weighted by Crippen LogP contribution is -2.41. The largest absolute Gasteiger partial charge is 0.342 e. The van der Waals surface area contributed by atoms with E-state index in [4.69, 9.17) is 4.98 Å². The van der Waals surface area contributed by atoms with E-state index in [1.165, 1.54) is 9.90 Å². The van der Waals surface area contributed by atoms with Gasteiger partial charge in [-0.3, -0.25) is 9.78 Å². The molecule has 1 aromatic carbocycles. The van der Waals surface area contributed by atoms with Crippen LogP contribution in [0, 0.1) is 5.92 Å². The van der Waals surface area contributed by atoms with Crippen LogP contribution in [-0.4, -0.2) is 39.6 Å². The van der Waals surface area contributed by atoms with E-state index in [0.29, 0.717) is 5.92 Å². The van der Waals surface area contributed by atoms with Gasteiger partial charge in [-0.2, -0.15) is 0 Å². The molecule has 1 saturated heterocycles. The Morgan fingerprint density at radius 3 is 2.62 bits per heavy atom. The summed E-state index contributed by atoms with van der Waals surface area (Å²) in [4.78, 5) is 25.0. The van der Waals surface area contributed by atoms with Gasteiger partial charge in [0.15, 0.2) is 0 Å². The number of benzene rings is 1. The number of nitrogens with zero attached hydrogens (tertiary/aromatic N) is 3. The third-order valence-electron chi connectivity index (χ3n) is 5.32. The Kier molecular flexibility index (Phi) is 6.62. The SMILES string of the molecule is CC(CSc1ccccc1)C(=O)N1CCC(c2nc(-c3ccncc3)cs2)CC1. The zero-order chi connectivity index (χ0) is 20.1. The first-order valence-corrected chi connectivity index (χ1v) is 11.9. The van der Waals surface area contributed by atoms with Gasteiger partial charge < -0.3 is 4.90 Å². The molecule has 1 unspecified atom stereocenters. The molecule has 0 aliphatic carbocycles. The first-order valence-electron chi connectivity index (χ1n) is 10.0. The van der Waals surface area contributed by atoms with Crippen molar-refractivity contribution in [3.63, 3.8) is 0 Å². The van der Waals surface area contributed by atoms with Crippen molar-refractivity contribution >= 4 is 29.0 Å². The summed E-state index contributed by atoms with van der Waals surface area (Å²) in [6, 6.07) is 14.3. The number of hydrogen-bond acceptors (Lipinski definition) is 5. The first kappa shape index (κ1) is 20.1. The molecule has 4 nitrogen and oxygen atoms in total. The standard InChI is InChI=1S/C23H25N3OS2/c1-17(15-28-20-5-3-2-4-6-20)23(27)26-13-9-19(10-14-26)22-25-21(16-29-22)18-7-11-24-12-8-18/h2-8,11-12,16-17,19H,9-10,13-15H2,1H3. The first-order chi connectivity index (χ1) is 14.2. The molecule has 0 radical (unpaired) electrons. The van der Waals surface area contributed by atoms with E-state index in [1.807, 2.05) is 42.2 Å². The highest BCUT2D eigenvalue weighted by Crippen LogP contribution is 2.33. The molecule has 1 aliphatic heterocycles. The molecule has 29 heavy (non-hydrogen) atoms. The molecule has 0 N–H and O–H groups in total. The minimum atomic E-state index is 0.0370. The van der Waals surface area contributed by atoms with Crippen molar-refractivity contribution in [3.05, 3.63) is 65.2 Å². The number of carbonyl (C=O) groups excluding carboxylic acids is 1. The Labute approximate surface area is 180 Å². The molecular weight excluding hydrogens is 398 g/mol. The molecule has 0 bridgehead atoms. The van der Waals surface area contributed by atoms with Crippen LogP contribution in [-0.2, 0) is 4.79 Å². The third-order valence-corrected chi connectivity index (χ3v) is 7.60. The normalized spacial score (nSPS) is 16.0. The van der Waals surface area contributed by atoms with Gasteiger partial charge in [0.2, 0.25) is 5.91 Å². The fourth-order valence-electron chi connectivity index (χ4n) is 3.60. The van der Waals surface area contributed by atoms with Crippen molar-refractivity contribution < 1.29 is 4.79 Å². The average molecular weight is 424 g/mol. The average Bonchev–Trinajstić information content (AvgIpc) is 3.29. The minimum Gasteiger partial charge on any atom is -0.342 e. The van der Waals surface area contributed by atoms with Crippen molar-refractivity contribution in [2.75, 3.05) is 18.8 Å². The molecule has 3 heterocycles. The maximum atomic E-state index is 12.8. The van der Waals surface area contributed by atoms with Gasteiger partial charge in [0.1, 0.15) is 0 Å². The van der Waals surface area contributed by atoms with Gasteiger partial charge >= 0.3 is 0 Å². The topological polar surface area (TPSA) is 46.1 Å². The van der Waals surface area contributed by atoms with Gasteiger partial charge in [0, 0.05) is 58.9 Å². The lowest BCUT2D eigenvalue weighted by Gasteiger charge is -2.32. The van der Waals surface area contributed by atoms with Gasteiger partial charge in [0.05, 0.1) is 10.7 Å². The molecule has 150 valence electrons. The number of pyridine rings is 1. The second-order valence-corrected chi connectivity index (χ2v) is 9.41. The van der Waals surface area contributed by atoms with Crippen LogP contribution in [0.5, 0.6) is 0 Å². The summed E-state index contributed by atoms with van der Waals surface area (Å²) in [5.74, 6) is 1.59. The van der Waals surface area contributed by atoms with Gasteiger partial charge in [-0.15, -0.1) is 23.1 Å². The summed E-state index contributed by atoms with van der Waals surface area (Å²) in [7, 11) is 0. The van der Waals surface area contributed by atoms with E-state index in [1.54, 1.807) is 35.5 Å². The van der Waals surface area contributed by atoms with Crippen molar-refractivity contribution in [2.45, 2.75) is 30.6 Å². The van der Waals surface area contributed by atoms with Crippen LogP contribution in [0.4, 0.5) is 0 Å². The Balaban J connectivity index is 1.29. The van der Waals surface area contributed by atoms with Crippen LogP contribution >= 0.6 is 23.1 Å². The van der Waals surface area contributed by atoms with Crippen LogP contribution in [0.15, 0.2) is 65.1 Å². The molecule has 1 atom stereocenters. The van der Waals surface area contributed by atoms with E-state index in [2.05, 4.69) is 22.5 Å². The van der Waals surface area contributed by atoms with E-state index >= 15 is 0 Å². The second kappa shape index (κ2) is 9.55. The number of hydrogen-bond donors (Lipinski definition) is 0. The smallest absolute Gasteiger partial charge is 0.226 e. The van der Waals surface area contributed by atoms with Gasteiger partial charge in [-0.25, -0.2) is 4.98 Å². The number of likely N-dealkylation sites (tertiary alicyclic amines) is 1. The van der Waals surface area contributed by atoms with Gasteiger partial charge in [-0.05, 0) is 37.1 Å². The predicted octanol–water partition coefficient (Wildman–Crippen LogP) is 5.34. The monoisotopic (exact) mass is 423 g/mol. The van der Waals surface area contributed by atoms with Crippen molar-refractivity contribution in [1.29, 1.82) is 0 Å². The van der Waals surface area contributed by atoms with Gasteiger partial charge in [0.25, 0.3) is 0 Å². The second-order valence-electron chi connectivity index (χ2n) is 7.43. The minimum absolute atomic E-state index is 0.0370. The number of thiazole rings is 1. The fraction of sp³-hybridized carbons (Fsp3) is 0.348. The lowest BCUT2D eigenvalue weighted by atomic mass is 9.96. The van der Waals surface area contributed by atoms with E-state index in [-0.39, 0.29) is 11.8 Å². The molecule has 6 heteroatoms. The van der Waals surface area contributed by atoms with Crippen LogP contribution in [0.25, 0.3) is 11.3 Å². The quantitative estimate of drug-likeness (QED) is 0.502. The molecule has 4 rings (SSSR count). The van der Waals surface area contributed by atoms with E-state index < -0.39 is 0 Å². The number of amides is 1. The van der Waals surface area contributed by atoms with Gasteiger partial charge in [-0.1, -0.05) is 25.1 Å². The predicted molar refractivity (Wildman–Crippen MR) is 120 cm³/mol. The Hall–Kier alpha value is -2.18. The highest BCUT2D eigenvalue weighted by Gasteiger charge is 2.28. The number of carbonyl (C=O) groups is 1. The molecular formula is C23H25N3OS2. The van der Waals surface area contributed by atoms with Crippen LogP contribution in [0.2, 0.25) is 0 Å². The number of rotatable bonds is 6. The Morgan fingerprint density at radius 1 is 1.17 bits per heavy atom. The summed E-state index contributed by atoms with van der Waals surface area (Å²) in [5, 5.41) is 3.32. The lowest BCUT2D eigenvalue weighted by molar-refractivity contribution is -0.135. The summed E-state index contributed by atoms with van der Waals surface area (Å²) >= 11 is 3.49. The molecule has 3 aromatic rings. The molecule has 2 aromatic heterocycles. The van der Waals surface area contributed by atoms with E-state index in [0.717, 1.165) is 42.9 Å². The summed E-state index contributed by atoms with van der Waals surface area (Å²) in [6.45, 7) is 3.70. The Bertz CT molecular complexity index is 922. The molecule has 0 spiro atoms. The molecule has 0 saturated carbocycles. The van der Waals surface area contributed by atoms with Crippen molar-refractivity contribution in [3.8, 4) is 11.3 Å². The zero-order valence-corrected chi connectivity index (χ0v) is 18.2. The Morgan fingerprint density at radius 2 is 1.90 bits per heavy atom. The molecule has 1 fully saturated rings. The third kappa shape index (κ3) is 5.06. The van der Waals surface area contributed by atoms with Crippen molar-refractivity contribution in [1.82, 2.24) is 14.9 Å². The molecule has 1 aliphatic rings. The highest BCUT2D eigenvalue weighted by atomic mass is 32.2.